The third-order valence-corrected chi connectivity index (χ3v) is 2.98. The SMILES string of the molecule is CC(=O)Cc1cccc(C)c1C1=NC(C)(C)CO1. The fourth-order valence-corrected chi connectivity index (χ4v) is 2.16. The van der Waals surface area contributed by atoms with E-state index in [1.807, 2.05) is 39.0 Å². The maximum atomic E-state index is 11.3. The van der Waals surface area contributed by atoms with Gasteiger partial charge in [-0.3, -0.25) is 4.79 Å². The molecule has 0 amide bonds. The maximum Gasteiger partial charge on any atom is 0.217 e. The van der Waals surface area contributed by atoms with Crippen LogP contribution in [0.5, 0.6) is 0 Å². The van der Waals surface area contributed by atoms with E-state index in [-0.39, 0.29) is 11.3 Å². The molecule has 0 bridgehead atoms. The van der Waals surface area contributed by atoms with Crippen molar-refractivity contribution in [2.24, 2.45) is 4.99 Å². The second kappa shape index (κ2) is 4.56. The highest BCUT2D eigenvalue weighted by Gasteiger charge is 2.28. The number of ketones is 1. The van der Waals surface area contributed by atoms with Gasteiger partial charge in [0, 0.05) is 12.0 Å². The van der Waals surface area contributed by atoms with Crippen molar-refractivity contribution >= 4 is 11.7 Å². The lowest BCUT2D eigenvalue weighted by Gasteiger charge is -2.11. The molecule has 0 aromatic heterocycles. The Hall–Kier alpha value is -1.64. The van der Waals surface area contributed by atoms with Gasteiger partial charge in [0.2, 0.25) is 5.90 Å². The number of aliphatic imine (C=N–C) groups is 1. The highest BCUT2D eigenvalue weighted by atomic mass is 16.5. The summed E-state index contributed by atoms with van der Waals surface area (Å²) in [6.45, 7) is 8.31. The van der Waals surface area contributed by atoms with E-state index in [1.165, 1.54) is 0 Å². The Morgan fingerprint density at radius 3 is 2.72 bits per heavy atom. The molecule has 0 aliphatic carbocycles. The van der Waals surface area contributed by atoms with E-state index in [9.17, 15) is 4.79 Å². The third-order valence-electron chi connectivity index (χ3n) is 2.98. The van der Waals surface area contributed by atoms with Crippen LogP contribution in [0.25, 0.3) is 0 Å². The number of hydrogen-bond acceptors (Lipinski definition) is 3. The number of hydrogen-bond donors (Lipinski definition) is 0. The zero-order valence-electron chi connectivity index (χ0n) is 11.4. The summed E-state index contributed by atoms with van der Waals surface area (Å²) in [6.07, 6.45) is 0.430. The van der Waals surface area contributed by atoms with E-state index in [1.54, 1.807) is 6.92 Å². The van der Waals surface area contributed by atoms with E-state index >= 15 is 0 Å². The maximum absolute atomic E-state index is 11.3. The van der Waals surface area contributed by atoms with Gasteiger partial charge in [0.15, 0.2) is 0 Å². The molecule has 1 aliphatic rings. The number of Topliss-reactive ketones (excluding diaryl/α,β-unsaturated/α-hetero) is 1. The summed E-state index contributed by atoms with van der Waals surface area (Å²) in [4.78, 5) is 15.9. The van der Waals surface area contributed by atoms with E-state index in [0.717, 1.165) is 16.7 Å². The molecular weight excluding hydrogens is 226 g/mol. The van der Waals surface area contributed by atoms with E-state index in [0.29, 0.717) is 18.9 Å². The van der Waals surface area contributed by atoms with Gasteiger partial charge in [0.1, 0.15) is 12.4 Å². The summed E-state index contributed by atoms with van der Waals surface area (Å²) in [6, 6.07) is 5.97. The number of ether oxygens (including phenoxy) is 1. The highest BCUT2D eigenvalue weighted by molar-refractivity contribution is 5.99. The monoisotopic (exact) mass is 245 g/mol. The molecule has 0 spiro atoms. The molecule has 0 N–H and O–H groups in total. The van der Waals surface area contributed by atoms with Crippen LogP contribution in [0.4, 0.5) is 0 Å². The number of aryl methyl sites for hydroxylation is 1. The van der Waals surface area contributed by atoms with Crippen molar-refractivity contribution in [3.05, 3.63) is 34.9 Å². The Bertz CT molecular complexity index is 515. The summed E-state index contributed by atoms with van der Waals surface area (Å²) < 4.78 is 5.70. The third kappa shape index (κ3) is 2.61. The minimum atomic E-state index is -0.175. The first-order valence-electron chi connectivity index (χ1n) is 6.20. The lowest BCUT2D eigenvalue weighted by atomic mass is 9.98. The van der Waals surface area contributed by atoms with Crippen molar-refractivity contribution < 1.29 is 9.53 Å². The molecule has 96 valence electrons. The van der Waals surface area contributed by atoms with Gasteiger partial charge in [0.05, 0.1) is 5.54 Å². The van der Waals surface area contributed by atoms with Gasteiger partial charge in [0.25, 0.3) is 0 Å². The van der Waals surface area contributed by atoms with Gasteiger partial charge in [-0.15, -0.1) is 0 Å². The van der Waals surface area contributed by atoms with Crippen LogP contribution in [-0.2, 0) is 16.0 Å². The Morgan fingerprint density at radius 1 is 1.44 bits per heavy atom. The number of nitrogens with zero attached hydrogens (tertiary/aromatic N) is 1. The van der Waals surface area contributed by atoms with Crippen LogP contribution in [0.3, 0.4) is 0 Å². The molecule has 1 heterocycles. The van der Waals surface area contributed by atoms with Crippen LogP contribution in [0.15, 0.2) is 23.2 Å². The predicted molar refractivity (Wildman–Crippen MR) is 72.1 cm³/mol. The first kappa shape index (κ1) is 12.8. The fraction of sp³-hybridized carbons (Fsp3) is 0.467. The van der Waals surface area contributed by atoms with Gasteiger partial charge in [-0.05, 0) is 38.8 Å². The van der Waals surface area contributed by atoms with E-state index in [2.05, 4.69) is 4.99 Å². The summed E-state index contributed by atoms with van der Waals surface area (Å²) in [5, 5.41) is 0. The molecule has 0 atom stereocenters. The standard InChI is InChI=1S/C15H19NO2/c1-10-6-5-7-12(8-11(2)17)13(10)14-16-15(3,4)9-18-14/h5-7H,8-9H2,1-4H3. The molecule has 0 saturated heterocycles. The molecule has 0 fully saturated rings. The average Bonchev–Trinajstić information content (AvgIpc) is 2.58. The Morgan fingerprint density at radius 2 is 2.17 bits per heavy atom. The molecule has 1 aliphatic heterocycles. The molecule has 3 nitrogen and oxygen atoms in total. The van der Waals surface area contributed by atoms with Gasteiger partial charge < -0.3 is 4.74 Å². The van der Waals surface area contributed by atoms with Crippen molar-refractivity contribution in [3.63, 3.8) is 0 Å². The predicted octanol–water partition coefficient (Wildman–Crippen LogP) is 2.68. The smallest absolute Gasteiger partial charge is 0.217 e. The van der Waals surface area contributed by atoms with Crippen LogP contribution < -0.4 is 0 Å². The van der Waals surface area contributed by atoms with Crippen LogP contribution in [0.1, 0.15) is 37.5 Å². The highest BCUT2D eigenvalue weighted by Crippen LogP contribution is 2.25. The molecule has 0 saturated carbocycles. The molecule has 1 aromatic rings. The van der Waals surface area contributed by atoms with Crippen LogP contribution in [0, 0.1) is 6.92 Å². The Kier molecular flexibility index (Phi) is 3.24. The zero-order chi connectivity index (χ0) is 13.3. The molecule has 1 aromatic carbocycles. The summed E-state index contributed by atoms with van der Waals surface area (Å²) >= 11 is 0. The largest absolute Gasteiger partial charge is 0.475 e. The zero-order valence-corrected chi connectivity index (χ0v) is 11.4. The van der Waals surface area contributed by atoms with Gasteiger partial charge in [-0.25, -0.2) is 4.99 Å². The van der Waals surface area contributed by atoms with Crippen LogP contribution >= 0.6 is 0 Å². The molecule has 2 rings (SSSR count). The average molecular weight is 245 g/mol. The topological polar surface area (TPSA) is 38.7 Å². The Balaban J connectivity index is 2.47. The number of benzene rings is 1. The summed E-state index contributed by atoms with van der Waals surface area (Å²) in [5.74, 6) is 0.828. The van der Waals surface area contributed by atoms with E-state index in [4.69, 9.17) is 4.74 Å². The quantitative estimate of drug-likeness (QED) is 0.821. The molecule has 0 radical (unpaired) electrons. The molecule has 18 heavy (non-hydrogen) atoms. The van der Waals surface area contributed by atoms with Crippen molar-refractivity contribution in [1.82, 2.24) is 0 Å². The minimum absolute atomic E-state index is 0.153. The molecular formula is C15H19NO2. The van der Waals surface area contributed by atoms with Gasteiger partial charge >= 0.3 is 0 Å². The van der Waals surface area contributed by atoms with Crippen molar-refractivity contribution in [2.45, 2.75) is 39.7 Å². The Labute approximate surface area is 108 Å². The molecule has 0 unspecified atom stereocenters. The first-order chi connectivity index (χ1) is 8.39. The lowest BCUT2D eigenvalue weighted by Crippen LogP contribution is -2.17. The normalized spacial score (nSPS) is 17.2. The van der Waals surface area contributed by atoms with Gasteiger partial charge in [-0.2, -0.15) is 0 Å². The lowest BCUT2D eigenvalue weighted by molar-refractivity contribution is -0.116. The second-order valence-electron chi connectivity index (χ2n) is 5.51. The number of carbonyl (C=O) groups excluding carboxylic acids is 1. The molecule has 3 heteroatoms. The summed E-state index contributed by atoms with van der Waals surface area (Å²) in [5.41, 5.74) is 2.91. The number of rotatable bonds is 3. The van der Waals surface area contributed by atoms with Crippen molar-refractivity contribution in [2.75, 3.05) is 6.61 Å². The summed E-state index contributed by atoms with van der Waals surface area (Å²) in [7, 11) is 0. The van der Waals surface area contributed by atoms with Crippen molar-refractivity contribution in [3.8, 4) is 0 Å². The van der Waals surface area contributed by atoms with Crippen LogP contribution in [0.2, 0.25) is 0 Å². The van der Waals surface area contributed by atoms with Crippen LogP contribution in [-0.4, -0.2) is 23.8 Å². The van der Waals surface area contributed by atoms with E-state index < -0.39 is 0 Å². The van der Waals surface area contributed by atoms with Crippen molar-refractivity contribution in [1.29, 1.82) is 0 Å². The second-order valence-corrected chi connectivity index (χ2v) is 5.51. The first-order valence-corrected chi connectivity index (χ1v) is 6.20. The van der Waals surface area contributed by atoms with Gasteiger partial charge in [-0.1, -0.05) is 18.2 Å². The fourth-order valence-electron chi connectivity index (χ4n) is 2.16. The number of carbonyl (C=O) groups is 1. The minimum Gasteiger partial charge on any atom is -0.475 e.